The fourth-order valence-corrected chi connectivity index (χ4v) is 1.44. The number of rotatable bonds is 0. The second-order valence-electron chi connectivity index (χ2n) is 2.28. The number of fused-ring (bicyclic) bond motifs is 1. The van der Waals surface area contributed by atoms with E-state index in [0.717, 1.165) is 15.4 Å². The van der Waals surface area contributed by atoms with E-state index < -0.39 is 0 Å². The zero-order chi connectivity index (χ0) is 7.84. The molecular formula is C8H6BrNO. The van der Waals surface area contributed by atoms with Gasteiger partial charge in [0.25, 0.3) is 0 Å². The molecule has 11 heavy (non-hydrogen) atoms. The largest absolute Gasteiger partial charge is 0.440 e. The van der Waals surface area contributed by atoms with E-state index >= 15 is 0 Å². The molecule has 0 spiro atoms. The van der Waals surface area contributed by atoms with Crippen LogP contribution in [0.4, 0.5) is 5.88 Å². The highest BCUT2D eigenvalue weighted by atomic mass is 79.9. The summed E-state index contributed by atoms with van der Waals surface area (Å²) >= 11 is 3.33. The highest BCUT2D eigenvalue weighted by molar-refractivity contribution is 9.10. The van der Waals surface area contributed by atoms with Gasteiger partial charge in [-0.3, -0.25) is 0 Å². The van der Waals surface area contributed by atoms with Crippen LogP contribution in [0.1, 0.15) is 0 Å². The van der Waals surface area contributed by atoms with Crippen molar-refractivity contribution in [2.75, 3.05) is 5.73 Å². The molecule has 0 atom stereocenters. The second kappa shape index (κ2) is 2.27. The molecule has 0 aliphatic heterocycles. The highest BCUT2D eigenvalue weighted by Crippen LogP contribution is 2.31. The van der Waals surface area contributed by atoms with Gasteiger partial charge in [0.15, 0.2) is 0 Å². The molecule has 1 aromatic carbocycles. The van der Waals surface area contributed by atoms with Crippen molar-refractivity contribution in [1.82, 2.24) is 0 Å². The van der Waals surface area contributed by atoms with Crippen molar-refractivity contribution in [1.29, 1.82) is 0 Å². The first-order chi connectivity index (χ1) is 5.29. The van der Waals surface area contributed by atoms with E-state index in [2.05, 4.69) is 15.9 Å². The lowest BCUT2D eigenvalue weighted by molar-refractivity contribution is 0.635. The quantitative estimate of drug-likeness (QED) is 0.729. The smallest absolute Gasteiger partial charge is 0.205 e. The summed E-state index contributed by atoms with van der Waals surface area (Å²) < 4.78 is 6.07. The summed E-state index contributed by atoms with van der Waals surface area (Å²) in [6.45, 7) is 0. The first-order valence-electron chi connectivity index (χ1n) is 3.21. The Morgan fingerprint density at radius 3 is 2.73 bits per heavy atom. The molecule has 0 fully saturated rings. The molecule has 0 radical (unpaired) electrons. The number of halogens is 1. The number of nitrogens with two attached hydrogens (primary N) is 1. The summed E-state index contributed by atoms with van der Waals surface area (Å²) in [6.07, 6.45) is 0. The van der Waals surface area contributed by atoms with Crippen LogP contribution in [-0.4, -0.2) is 0 Å². The minimum atomic E-state index is 0.436. The van der Waals surface area contributed by atoms with Crippen LogP contribution in [-0.2, 0) is 0 Å². The third-order valence-electron chi connectivity index (χ3n) is 1.56. The molecule has 2 aromatic rings. The van der Waals surface area contributed by atoms with Gasteiger partial charge in [0.2, 0.25) is 5.88 Å². The van der Waals surface area contributed by atoms with Crippen LogP contribution in [0, 0.1) is 0 Å². The van der Waals surface area contributed by atoms with Gasteiger partial charge in [0.05, 0.1) is 4.47 Å². The van der Waals surface area contributed by atoms with Crippen LogP contribution in [0.2, 0.25) is 0 Å². The monoisotopic (exact) mass is 211 g/mol. The number of furan rings is 1. The number of hydrogen-bond donors (Lipinski definition) is 1. The van der Waals surface area contributed by atoms with Crippen molar-refractivity contribution in [2.24, 2.45) is 0 Å². The minimum Gasteiger partial charge on any atom is -0.440 e. The summed E-state index contributed by atoms with van der Waals surface area (Å²) in [5.74, 6) is 0.436. The van der Waals surface area contributed by atoms with Crippen molar-refractivity contribution in [2.45, 2.75) is 0 Å². The average Bonchev–Trinajstić information content (AvgIpc) is 2.30. The van der Waals surface area contributed by atoms with Crippen LogP contribution in [0.15, 0.2) is 33.2 Å². The first-order valence-corrected chi connectivity index (χ1v) is 4.01. The van der Waals surface area contributed by atoms with Gasteiger partial charge in [-0.05, 0) is 28.1 Å². The molecule has 2 rings (SSSR count). The van der Waals surface area contributed by atoms with Crippen LogP contribution in [0.5, 0.6) is 0 Å². The Labute approximate surface area is 72.1 Å². The Balaban J connectivity index is 2.92. The van der Waals surface area contributed by atoms with E-state index in [1.807, 2.05) is 24.3 Å². The number of benzene rings is 1. The zero-order valence-corrected chi connectivity index (χ0v) is 7.26. The fraction of sp³-hybridized carbons (Fsp3) is 0. The first kappa shape index (κ1) is 6.73. The molecule has 0 unspecified atom stereocenters. The molecule has 0 amide bonds. The van der Waals surface area contributed by atoms with Gasteiger partial charge in [-0.2, -0.15) is 0 Å². The SMILES string of the molecule is Nc1oc2ccccc2c1Br. The second-order valence-corrected chi connectivity index (χ2v) is 3.07. The van der Waals surface area contributed by atoms with E-state index in [9.17, 15) is 0 Å². The zero-order valence-electron chi connectivity index (χ0n) is 5.67. The van der Waals surface area contributed by atoms with Crippen molar-refractivity contribution in [3.05, 3.63) is 28.7 Å². The summed E-state index contributed by atoms with van der Waals surface area (Å²) in [5, 5.41) is 1.02. The topological polar surface area (TPSA) is 39.2 Å². The van der Waals surface area contributed by atoms with Gasteiger partial charge in [0, 0.05) is 5.39 Å². The minimum absolute atomic E-state index is 0.436. The molecule has 0 saturated heterocycles. The molecular weight excluding hydrogens is 206 g/mol. The molecule has 56 valence electrons. The van der Waals surface area contributed by atoms with Crippen molar-refractivity contribution < 1.29 is 4.42 Å². The van der Waals surface area contributed by atoms with E-state index in [1.165, 1.54) is 0 Å². The van der Waals surface area contributed by atoms with E-state index in [1.54, 1.807) is 0 Å². The van der Waals surface area contributed by atoms with Crippen LogP contribution in [0.3, 0.4) is 0 Å². The Morgan fingerprint density at radius 2 is 2.00 bits per heavy atom. The Morgan fingerprint density at radius 1 is 1.27 bits per heavy atom. The van der Waals surface area contributed by atoms with Gasteiger partial charge < -0.3 is 10.2 Å². The van der Waals surface area contributed by atoms with E-state index in [4.69, 9.17) is 10.2 Å². The molecule has 2 nitrogen and oxygen atoms in total. The van der Waals surface area contributed by atoms with Gasteiger partial charge in [-0.1, -0.05) is 12.1 Å². The maximum Gasteiger partial charge on any atom is 0.205 e. The molecule has 1 heterocycles. The summed E-state index contributed by atoms with van der Waals surface area (Å²) in [5.41, 5.74) is 6.36. The Hall–Kier alpha value is -0.960. The summed E-state index contributed by atoms with van der Waals surface area (Å²) in [6, 6.07) is 7.70. The number of nitrogen functional groups attached to an aromatic ring is 1. The van der Waals surface area contributed by atoms with Crippen molar-refractivity contribution in [3.8, 4) is 0 Å². The van der Waals surface area contributed by atoms with Gasteiger partial charge in [0.1, 0.15) is 5.58 Å². The number of para-hydroxylation sites is 1. The third-order valence-corrected chi connectivity index (χ3v) is 2.38. The number of anilines is 1. The molecule has 1 aromatic heterocycles. The van der Waals surface area contributed by atoms with Gasteiger partial charge in [-0.25, -0.2) is 0 Å². The molecule has 0 aliphatic rings. The lowest BCUT2D eigenvalue weighted by atomic mass is 10.3. The number of hydrogen-bond acceptors (Lipinski definition) is 2. The maximum atomic E-state index is 5.54. The van der Waals surface area contributed by atoms with Gasteiger partial charge >= 0.3 is 0 Å². The molecule has 2 N–H and O–H groups in total. The normalized spacial score (nSPS) is 10.6. The molecule has 0 aliphatic carbocycles. The van der Waals surface area contributed by atoms with E-state index in [0.29, 0.717) is 5.88 Å². The van der Waals surface area contributed by atoms with Gasteiger partial charge in [-0.15, -0.1) is 0 Å². The van der Waals surface area contributed by atoms with Crippen molar-refractivity contribution >= 4 is 32.8 Å². The predicted molar refractivity (Wildman–Crippen MR) is 48.3 cm³/mol. The summed E-state index contributed by atoms with van der Waals surface area (Å²) in [7, 11) is 0. The van der Waals surface area contributed by atoms with E-state index in [-0.39, 0.29) is 0 Å². The fourth-order valence-electron chi connectivity index (χ4n) is 1.03. The Kier molecular flexibility index (Phi) is 1.39. The lowest BCUT2D eigenvalue weighted by Crippen LogP contribution is -1.78. The average molecular weight is 212 g/mol. The predicted octanol–water partition coefficient (Wildman–Crippen LogP) is 2.78. The Bertz CT molecular complexity index is 394. The molecule has 0 saturated carbocycles. The highest BCUT2D eigenvalue weighted by Gasteiger charge is 2.06. The lowest BCUT2D eigenvalue weighted by Gasteiger charge is -1.83. The third kappa shape index (κ3) is 0.922. The van der Waals surface area contributed by atoms with Crippen LogP contribution >= 0.6 is 15.9 Å². The van der Waals surface area contributed by atoms with Crippen LogP contribution in [0.25, 0.3) is 11.0 Å². The maximum absolute atomic E-state index is 5.54. The standard InChI is InChI=1S/C8H6BrNO/c9-7-5-3-1-2-4-6(5)11-8(7)10/h1-4H,10H2. The molecule has 3 heteroatoms. The molecule has 0 bridgehead atoms. The van der Waals surface area contributed by atoms with Crippen LogP contribution < -0.4 is 5.73 Å². The van der Waals surface area contributed by atoms with Crippen molar-refractivity contribution in [3.63, 3.8) is 0 Å². The summed E-state index contributed by atoms with van der Waals surface area (Å²) in [4.78, 5) is 0.